The van der Waals surface area contributed by atoms with Gasteiger partial charge >= 0.3 is 5.69 Å². The SMILES string of the molecule is COc1ccc(/C=N/Nn2cncn2)cc1Cn1nc(C)c([N+](=O)[O-])c1C. The number of rotatable bonds is 7. The topological polar surface area (TPSA) is 125 Å². The van der Waals surface area contributed by atoms with Crippen molar-refractivity contribution in [3.63, 3.8) is 0 Å². The second-order valence-corrected chi connectivity index (χ2v) is 5.70. The summed E-state index contributed by atoms with van der Waals surface area (Å²) in [7, 11) is 1.57. The summed E-state index contributed by atoms with van der Waals surface area (Å²) in [6.45, 7) is 3.64. The van der Waals surface area contributed by atoms with E-state index in [2.05, 4.69) is 25.8 Å². The van der Waals surface area contributed by atoms with Crippen molar-refractivity contribution in [1.82, 2.24) is 24.7 Å². The lowest BCUT2D eigenvalue weighted by Crippen LogP contribution is -2.09. The number of hydrogen-bond donors (Lipinski definition) is 1. The number of nitrogens with zero attached hydrogens (tertiary/aromatic N) is 7. The van der Waals surface area contributed by atoms with Gasteiger partial charge in [0.1, 0.15) is 29.8 Å². The predicted molar refractivity (Wildman–Crippen MR) is 97.4 cm³/mol. The van der Waals surface area contributed by atoms with E-state index in [0.29, 0.717) is 23.7 Å². The molecule has 27 heavy (non-hydrogen) atoms. The first-order chi connectivity index (χ1) is 13.0. The Labute approximate surface area is 154 Å². The minimum atomic E-state index is -0.412. The molecule has 0 radical (unpaired) electrons. The van der Waals surface area contributed by atoms with Crippen LogP contribution >= 0.6 is 0 Å². The van der Waals surface area contributed by atoms with Gasteiger partial charge in [-0.05, 0) is 37.6 Å². The van der Waals surface area contributed by atoms with E-state index in [1.165, 1.54) is 17.4 Å². The first kappa shape index (κ1) is 18.0. The van der Waals surface area contributed by atoms with Gasteiger partial charge in [-0.25, -0.2) is 4.98 Å². The molecule has 3 aromatic rings. The van der Waals surface area contributed by atoms with Crippen molar-refractivity contribution in [3.8, 4) is 5.75 Å². The molecule has 0 amide bonds. The Bertz CT molecular complexity index is 978. The molecule has 1 N–H and O–H groups in total. The average Bonchev–Trinajstić information content (AvgIpc) is 3.23. The molecule has 140 valence electrons. The highest BCUT2D eigenvalue weighted by Crippen LogP contribution is 2.25. The van der Waals surface area contributed by atoms with Crippen LogP contribution < -0.4 is 10.3 Å². The van der Waals surface area contributed by atoms with Gasteiger partial charge in [-0.15, -0.1) is 9.89 Å². The van der Waals surface area contributed by atoms with Crippen LogP contribution in [0.3, 0.4) is 0 Å². The Morgan fingerprint density at radius 1 is 1.41 bits per heavy atom. The monoisotopic (exact) mass is 370 g/mol. The van der Waals surface area contributed by atoms with Crippen LogP contribution in [0.4, 0.5) is 5.69 Å². The van der Waals surface area contributed by atoms with E-state index in [0.717, 1.165) is 11.1 Å². The summed E-state index contributed by atoms with van der Waals surface area (Å²) in [5, 5.41) is 23.4. The smallest absolute Gasteiger partial charge is 0.312 e. The van der Waals surface area contributed by atoms with E-state index in [9.17, 15) is 10.1 Å². The van der Waals surface area contributed by atoms with E-state index in [1.807, 2.05) is 18.2 Å². The summed E-state index contributed by atoms with van der Waals surface area (Å²) < 4.78 is 7.00. The maximum atomic E-state index is 11.2. The molecule has 11 nitrogen and oxygen atoms in total. The van der Waals surface area contributed by atoms with Crippen LogP contribution in [0.5, 0.6) is 5.75 Å². The van der Waals surface area contributed by atoms with Crippen LogP contribution in [0, 0.1) is 24.0 Å². The van der Waals surface area contributed by atoms with Crippen LogP contribution in [-0.4, -0.2) is 42.9 Å². The molecule has 0 bridgehead atoms. The van der Waals surface area contributed by atoms with Crippen molar-refractivity contribution in [2.24, 2.45) is 5.10 Å². The molecule has 1 aromatic carbocycles. The molecule has 0 aliphatic heterocycles. The molecule has 0 aliphatic rings. The highest BCUT2D eigenvalue weighted by atomic mass is 16.6. The Balaban J connectivity index is 1.85. The normalized spacial score (nSPS) is 11.1. The van der Waals surface area contributed by atoms with Crippen LogP contribution in [-0.2, 0) is 6.54 Å². The van der Waals surface area contributed by atoms with Gasteiger partial charge in [0.2, 0.25) is 0 Å². The molecule has 11 heteroatoms. The number of aromatic nitrogens is 5. The zero-order valence-electron chi connectivity index (χ0n) is 15.0. The molecule has 0 atom stereocenters. The van der Waals surface area contributed by atoms with Crippen molar-refractivity contribution in [2.45, 2.75) is 20.4 Å². The van der Waals surface area contributed by atoms with Crippen molar-refractivity contribution >= 4 is 11.9 Å². The van der Waals surface area contributed by atoms with E-state index in [-0.39, 0.29) is 5.69 Å². The Morgan fingerprint density at radius 3 is 2.85 bits per heavy atom. The number of aryl methyl sites for hydroxylation is 1. The molecule has 0 fully saturated rings. The zero-order valence-corrected chi connectivity index (χ0v) is 15.0. The molecule has 0 spiro atoms. The third-order valence-corrected chi connectivity index (χ3v) is 3.94. The van der Waals surface area contributed by atoms with Crippen LogP contribution in [0.15, 0.2) is 36.0 Å². The highest BCUT2D eigenvalue weighted by Gasteiger charge is 2.22. The predicted octanol–water partition coefficient (Wildman–Crippen LogP) is 1.63. The fourth-order valence-corrected chi connectivity index (χ4v) is 2.69. The molecule has 0 aliphatic carbocycles. The number of nitrogens with one attached hydrogen (secondary N) is 1. The Morgan fingerprint density at radius 2 is 2.22 bits per heavy atom. The number of benzene rings is 1. The lowest BCUT2D eigenvalue weighted by atomic mass is 10.1. The molecule has 2 aromatic heterocycles. The maximum absolute atomic E-state index is 11.2. The van der Waals surface area contributed by atoms with Gasteiger partial charge in [0.05, 0.1) is 24.8 Å². The van der Waals surface area contributed by atoms with Crippen molar-refractivity contribution in [3.05, 3.63) is 63.5 Å². The van der Waals surface area contributed by atoms with Gasteiger partial charge in [-0.2, -0.15) is 15.7 Å². The second kappa shape index (κ2) is 7.64. The summed E-state index contributed by atoms with van der Waals surface area (Å²) in [4.78, 5) is 15.9. The van der Waals surface area contributed by atoms with Gasteiger partial charge in [0.25, 0.3) is 0 Å². The standard InChI is InChI=1S/C16H18N8O3/c1-11-16(24(25)26)12(2)22(20-11)8-14-6-13(4-5-15(14)27-3)7-18-21-23-10-17-9-19-23/h4-7,9-10,21H,8H2,1-3H3/b18-7+. The fraction of sp³-hybridized carbons (Fsp3) is 0.250. The largest absolute Gasteiger partial charge is 0.496 e. The Kier molecular flexibility index (Phi) is 5.11. The summed E-state index contributed by atoms with van der Waals surface area (Å²) in [5.74, 6) is 0.659. The lowest BCUT2D eigenvalue weighted by molar-refractivity contribution is -0.386. The van der Waals surface area contributed by atoms with E-state index in [1.54, 1.807) is 31.9 Å². The summed E-state index contributed by atoms with van der Waals surface area (Å²) in [6, 6.07) is 5.54. The van der Waals surface area contributed by atoms with Gasteiger partial charge in [0, 0.05) is 5.56 Å². The second-order valence-electron chi connectivity index (χ2n) is 5.70. The zero-order chi connectivity index (χ0) is 19.4. The average molecular weight is 370 g/mol. The maximum Gasteiger partial charge on any atom is 0.312 e. The molecule has 0 saturated carbocycles. The Hall–Kier alpha value is -3.76. The fourth-order valence-electron chi connectivity index (χ4n) is 2.69. The van der Waals surface area contributed by atoms with Crippen molar-refractivity contribution in [2.75, 3.05) is 12.6 Å². The summed E-state index contributed by atoms with van der Waals surface area (Å²) >= 11 is 0. The number of nitro groups is 1. The minimum Gasteiger partial charge on any atom is -0.496 e. The first-order valence-corrected chi connectivity index (χ1v) is 7.98. The lowest BCUT2D eigenvalue weighted by Gasteiger charge is -2.10. The molecule has 0 unspecified atom stereocenters. The van der Waals surface area contributed by atoms with Crippen molar-refractivity contribution in [1.29, 1.82) is 0 Å². The quantitative estimate of drug-likeness (QED) is 0.380. The molecule has 2 heterocycles. The summed E-state index contributed by atoms with van der Waals surface area (Å²) in [6.07, 6.45) is 4.49. The number of methoxy groups -OCH3 is 1. The number of hydrogen-bond acceptors (Lipinski definition) is 8. The first-order valence-electron chi connectivity index (χ1n) is 7.98. The third kappa shape index (κ3) is 3.92. The molecular formula is C16H18N8O3. The van der Waals surface area contributed by atoms with Crippen LogP contribution in [0.25, 0.3) is 0 Å². The highest BCUT2D eigenvalue weighted by molar-refractivity contribution is 5.80. The number of ether oxygens (including phenoxy) is 1. The van der Waals surface area contributed by atoms with Crippen LogP contribution in [0.2, 0.25) is 0 Å². The van der Waals surface area contributed by atoms with E-state index >= 15 is 0 Å². The third-order valence-electron chi connectivity index (χ3n) is 3.94. The molecule has 3 rings (SSSR count). The summed E-state index contributed by atoms with van der Waals surface area (Å²) in [5.41, 5.74) is 5.23. The van der Waals surface area contributed by atoms with Gasteiger partial charge in [-0.1, -0.05) is 0 Å². The van der Waals surface area contributed by atoms with Gasteiger partial charge < -0.3 is 4.74 Å². The van der Waals surface area contributed by atoms with E-state index < -0.39 is 4.92 Å². The van der Waals surface area contributed by atoms with Gasteiger partial charge in [-0.3, -0.25) is 14.8 Å². The number of hydrazone groups is 1. The molecular weight excluding hydrogens is 352 g/mol. The molecule has 0 saturated heterocycles. The van der Waals surface area contributed by atoms with Gasteiger partial charge in [0.15, 0.2) is 0 Å². The van der Waals surface area contributed by atoms with Crippen molar-refractivity contribution < 1.29 is 9.66 Å². The minimum absolute atomic E-state index is 0.0312. The van der Waals surface area contributed by atoms with E-state index in [4.69, 9.17) is 4.74 Å². The van der Waals surface area contributed by atoms with Crippen LogP contribution in [0.1, 0.15) is 22.5 Å².